The molecule has 0 aliphatic rings. The summed E-state index contributed by atoms with van der Waals surface area (Å²) in [6.07, 6.45) is 7.10. The molecule has 0 amide bonds. The summed E-state index contributed by atoms with van der Waals surface area (Å²) in [7, 11) is 0. The van der Waals surface area contributed by atoms with Crippen molar-refractivity contribution in [1.82, 2.24) is 0 Å². The molecule has 1 nitrogen and oxygen atoms in total. The Morgan fingerprint density at radius 1 is 0.952 bits per heavy atom. The van der Waals surface area contributed by atoms with Crippen LogP contribution in [0.15, 0.2) is 60.7 Å². The average Bonchev–Trinajstić information content (AvgIpc) is 2.47. The second-order valence-electron chi connectivity index (χ2n) is 5.80. The van der Waals surface area contributed by atoms with Gasteiger partial charge in [0.25, 0.3) is 0 Å². The maximum absolute atomic E-state index is 7.01. The smallest absolute Gasteiger partial charge is 0.0174 e. The maximum atomic E-state index is 7.01. The van der Waals surface area contributed by atoms with Gasteiger partial charge in [0.1, 0.15) is 0 Å². The fraction of sp³-hybridized carbons (Fsp3) is 0.250. The van der Waals surface area contributed by atoms with Crippen LogP contribution < -0.4 is 0 Å². The van der Waals surface area contributed by atoms with E-state index in [0.717, 1.165) is 12.8 Å². The minimum Gasteiger partial charge on any atom is -0.309 e. The van der Waals surface area contributed by atoms with E-state index in [1.165, 1.54) is 28.5 Å². The molecule has 0 unspecified atom stereocenters. The van der Waals surface area contributed by atoms with E-state index in [1.807, 2.05) is 6.08 Å². The van der Waals surface area contributed by atoms with E-state index in [9.17, 15) is 0 Å². The van der Waals surface area contributed by atoms with E-state index in [1.54, 1.807) is 6.08 Å². The molecule has 1 N–H and O–H groups in total. The van der Waals surface area contributed by atoms with Crippen molar-refractivity contribution in [2.45, 2.75) is 26.7 Å². The summed E-state index contributed by atoms with van der Waals surface area (Å²) in [6.45, 7) is 4.51. The highest BCUT2D eigenvalue weighted by molar-refractivity contribution is 5.68. The van der Waals surface area contributed by atoms with Crippen LogP contribution in [-0.2, 0) is 12.8 Å². The predicted molar refractivity (Wildman–Crippen MR) is 92.0 cm³/mol. The molecule has 0 saturated heterocycles. The van der Waals surface area contributed by atoms with E-state index in [-0.39, 0.29) is 0 Å². The fourth-order valence-corrected chi connectivity index (χ4v) is 2.50. The number of benzene rings is 2. The summed E-state index contributed by atoms with van der Waals surface area (Å²) in [5.41, 5.74) is 5.23. The number of hydrogen-bond donors (Lipinski definition) is 1. The van der Waals surface area contributed by atoms with E-state index >= 15 is 0 Å². The van der Waals surface area contributed by atoms with Crippen molar-refractivity contribution >= 4 is 6.21 Å². The van der Waals surface area contributed by atoms with Gasteiger partial charge in [-0.15, -0.1) is 0 Å². The summed E-state index contributed by atoms with van der Waals surface area (Å²) in [4.78, 5) is 0. The summed E-state index contributed by atoms with van der Waals surface area (Å²) < 4.78 is 0. The Bertz CT molecular complexity index is 623. The number of hydrogen-bond acceptors (Lipinski definition) is 1. The van der Waals surface area contributed by atoms with E-state index < -0.39 is 0 Å². The Morgan fingerprint density at radius 3 is 2.19 bits per heavy atom. The van der Waals surface area contributed by atoms with Gasteiger partial charge < -0.3 is 5.41 Å². The molecule has 108 valence electrons. The minimum absolute atomic E-state index is 0.679. The zero-order valence-electron chi connectivity index (χ0n) is 12.8. The van der Waals surface area contributed by atoms with Gasteiger partial charge in [-0.1, -0.05) is 68.5 Å². The molecule has 0 fully saturated rings. The average molecular weight is 277 g/mol. The van der Waals surface area contributed by atoms with E-state index in [4.69, 9.17) is 5.41 Å². The summed E-state index contributed by atoms with van der Waals surface area (Å²) >= 11 is 0. The van der Waals surface area contributed by atoms with Gasteiger partial charge in [0, 0.05) is 6.21 Å². The molecule has 21 heavy (non-hydrogen) atoms. The third kappa shape index (κ3) is 4.71. The van der Waals surface area contributed by atoms with Crippen molar-refractivity contribution in [1.29, 1.82) is 5.41 Å². The van der Waals surface area contributed by atoms with E-state index in [0.29, 0.717) is 5.92 Å². The molecule has 0 saturated carbocycles. The van der Waals surface area contributed by atoms with Crippen molar-refractivity contribution < 1.29 is 0 Å². The lowest BCUT2D eigenvalue weighted by Crippen LogP contribution is -1.94. The van der Waals surface area contributed by atoms with Gasteiger partial charge in [-0.25, -0.2) is 0 Å². The van der Waals surface area contributed by atoms with Crippen LogP contribution in [0, 0.1) is 11.3 Å². The highest BCUT2D eigenvalue weighted by Crippen LogP contribution is 2.23. The molecule has 2 aromatic carbocycles. The second kappa shape index (κ2) is 7.58. The van der Waals surface area contributed by atoms with Crippen LogP contribution in [0.2, 0.25) is 0 Å². The zero-order valence-corrected chi connectivity index (χ0v) is 12.8. The van der Waals surface area contributed by atoms with Crippen molar-refractivity contribution in [2.24, 2.45) is 5.92 Å². The van der Waals surface area contributed by atoms with Crippen molar-refractivity contribution in [3.63, 3.8) is 0 Å². The lowest BCUT2D eigenvalue weighted by atomic mass is 9.97. The quantitative estimate of drug-likeness (QED) is 0.693. The molecule has 0 aliphatic heterocycles. The van der Waals surface area contributed by atoms with Crippen LogP contribution in [0.4, 0.5) is 0 Å². The maximum Gasteiger partial charge on any atom is 0.0174 e. The van der Waals surface area contributed by atoms with Crippen molar-refractivity contribution in [3.05, 3.63) is 71.8 Å². The van der Waals surface area contributed by atoms with Crippen molar-refractivity contribution in [2.75, 3.05) is 0 Å². The molecule has 2 aromatic rings. The molecule has 0 bridgehead atoms. The van der Waals surface area contributed by atoms with Crippen LogP contribution in [0.1, 0.15) is 25.0 Å². The first-order valence-electron chi connectivity index (χ1n) is 7.53. The first-order chi connectivity index (χ1) is 10.2. The van der Waals surface area contributed by atoms with Gasteiger partial charge >= 0.3 is 0 Å². The van der Waals surface area contributed by atoms with Crippen LogP contribution in [0.25, 0.3) is 11.1 Å². The molecular weight excluding hydrogens is 254 g/mol. The van der Waals surface area contributed by atoms with Gasteiger partial charge in [-0.2, -0.15) is 0 Å². The Labute approximate surface area is 127 Å². The number of nitrogens with one attached hydrogen (secondary N) is 1. The standard InChI is InChI=1S/C20H23N/c1-16(2)13-18-9-6-11-20(15-18)19-10-5-8-17(14-19)7-3-4-12-21/h3-6,8-12,14-16,21H,7,13H2,1-2H3/b4-3-,21-12?. The van der Waals surface area contributed by atoms with Crippen LogP contribution in [0.3, 0.4) is 0 Å². The Morgan fingerprint density at radius 2 is 1.57 bits per heavy atom. The lowest BCUT2D eigenvalue weighted by Gasteiger charge is -2.09. The van der Waals surface area contributed by atoms with Gasteiger partial charge in [0.05, 0.1) is 0 Å². The third-order valence-electron chi connectivity index (χ3n) is 3.42. The van der Waals surface area contributed by atoms with Gasteiger partial charge in [0.15, 0.2) is 0 Å². The molecule has 1 heteroatoms. The molecule has 2 rings (SSSR count). The van der Waals surface area contributed by atoms with Gasteiger partial charge in [-0.3, -0.25) is 0 Å². The molecule has 0 radical (unpaired) electrons. The largest absolute Gasteiger partial charge is 0.309 e. The van der Waals surface area contributed by atoms with Crippen LogP contribution in [-0.4, -0.2) is 6.21 Å². The zero-order chi connectivity index (χ0) is 15.1. The van der Waals surface area contributed by atoms with Crippen LogP contribution >= 0.6 is 0 Å². The molecule has 0 aromatic heterocycles. The molecule has 0 heterocycles. The van der Waals surface area contributed by atoms with Gasteiger partial charge in [-0.05, 0) is 47.1 Å². The third-order valence-corrected chi connectivity index (χ3v) is 3.42. The molecule has 0 spiro atoms. The molecular formula is C20H23N. The lowest BCUT2D eigenvalue weighted by molar-refractivity contribution is 0.647. The Hall–Kier alpha value is -2.15. The van der Waals surface area contributed by atoms with Crippen LogP contribution in [0.5, 0.6) is 0 Å². The summed E-state index contributed by atoms with van der Waals surface area (Å²) in [6, 6.07) is 17.5. The monoisotopic (exact) mass is 277 g/mol. The Kier molecular flexibility index (Phi) is 5.51. The molecule has 0 aliphatic carbocycles. The SMILES string of the molecule is CC(C)Cc1cccc(-c2cccc(C/C=C\C=N)c2)c1. The summed E-state index contributed by atoms with van der Waals surface area (Å²) in [5.74, 6) is 0.679. The summed E-state index contributed by atoms with van der Waals surface area (Å²) in [5, 5.41) is 7.01. The highest BCUT2D eigenvalue weighted by Gasteiger charge is 2.02. The van der Waals surface area contributed by atoms with Gasteiger partial charge in [0.2, 0.25) is 0 Å². The second-order valence-corrected chi connectivity index (χ2v) is 5.80. The normalized spacial score (nSPS) is 11.2. The highest BCUT2D eigenvalue weighted by atomic mass is 14.3. The topological polar surface area (TPSA) is 23.9 Å². The molecule has 0 atom stereocenters. The fourth-order valence-electron chi connectivity index (χ4n) is 2.50. The number of rotatable bonds is 6. The predicted octanol–water partition coefficient (Wildman–Crippen LogP) is 5.30. The minimum atomic E-state index is 0.679. The van der Waals surface area contributed by atoms with Crippen molar-refractivity contribution in [3.8, 4) is 11.1 Å². The van der Waals surface area contributed by atoms with E-state index in [2.05, 4.69) is 62.4 Å². The number of allylic oxidation sites excluding steroid dienone is 2. The first-order valence-corrected chi connectivity index (χ1v) is 7.53. The first kappa shape index (κ1) is 15.2. The Balaban J connectivity index is 2.23.